The Morgan fingerprint density at radius 1 is 0.933 bits per heavy atom. The molecule has 0 aliphatic carbocycles. The van der Waals surface area contributed by atoms with Crippen molar-refractivity contribution in [3.05, 3.63) is 0 Å². The molecule has 0 rings (SSSR count). The van der Waals surface area contributed by atoms with E-state index in [2.05, 4.69) is 12.2 Å². The van der Waals surface area contributed by atoms with Gasteiger partial charge in [-0.1, -0.05) is 32.6 Å². The zero-order chi connectivity index (χ0) is 11.2. The van der Waals surface area contributed by atoms with E-state index in [0.29, 0.717) is 6.61 Å². The van der Waals surface area contributed by atoms with Crippen LogP contribution >= 0.6 is 11.8 Å². The van der Waals surface area contributed by atoms with Crippen molar-refractivity contribution in [2.24, 2.45) is 0 Å². The minimum atomic E-state index is 0.331. The summed E-state index contributed by atoms with van der Waals surface area (Å²) in [6.07, 6.45) is 7.73. The molecule has 0 saturated heterocycles. The molecule has 0 spiro atoms. The van der Waals surface area contributed by atoms with Gasteiger partial charge in [-0.05, 0) is 25.1 Å². The fourth-order valence-electron chi connectivity index (χ4n) is 1.39. The van der Waals surface area contributed by atoms with E-state index in [4.69, 9.17) is 5.11 Å². The van der Waals surface area contributed by atoms with Crippen LogP contribution in [0.5, 0.6) is 0 Å². The first-order valence-corrected chi connectivity index (χ1v) is 7.46. The maximum absolute atomic E-state index is 8.58. The molecule has 0 heterocycles. The van der Waals surface area contributed by atoms with Crippen molar-refractivity contribution in [2.45, 2.75) is 45.4 Å². The van der Waals surface area contributed by atoms with Crippen molar-refractivity contribution in [2.75, 3.05) is 31.2 Å². The van der Waals surface area contributed by atoms with Crippen LogP contribution in [-0.2, 0) is 0 Å². The lowest BCUT2D eigenvalue weighted by Crippen LogP contribution is -2.18. The third-order valence-electron chi connectivity index (χ3n) is 2.33. The van der Waals surface area contributed by atoms with E-state index >= 15 is 0 Å². The summed E-state index contributed by atoms with van der Waals surface area (Å²) in [4.78, 5) is 0. The summed E-state index contributed by atoms with van der Waals surface area (Å²) >= 11 is 1.93. The van der Waals surface area contributed by atoms with E-state index in [9.17, 15) is 0 Å². The van der Waals surface area contributed by atoms with Gasteiger partial charge in [-0.2, -0.15) is 11.8 Å². The third-order valence-corrected chi connectivity index (χ3v) is 3.40. The lowest BCUT2D eigenvalue weighted by molar-refractivity contribution is 0.296. The first kappa shape index (κ1) is 15.3. The van der Waals surface area contributed by atoms with E-state index in [1.807, 2.05) is 11.8 Å². The van der Waals surface area contributed by atoms with Crippen molar-refractivity contribution >= 4 is 11.8 Å². The molecule has 2 nitrogen and oxygen atoms in total. The lowest BCUT2D eigenvalue weighted by Gasteiger charge is -2.04. The smallest absolute Gasteiger partial charge is 0.0438 e. The van der Waals surface area contributed by atoms with Gasteiger partial charge in [0.25, 0.3) is 0 Å². The van der Waals surface area contributed by atoms with Crippen LogP contribution in [0.3, 0.4) is 0 Å². The molecule has 0 aliphatic rings. The third kappa shape index (κ3) is 14.3. The first-order chi connectivity index (χ1) is 7.41. The topological polar surface area (TPSA) is 32.3 Å². The Morgan fingerprint density at radius 3 is 2.47 bits per heavy atom. The molecule has 92 valence electrons. The molecule has 2 N–H and O–H groups in total. The number of hydrogen-bond acceptors (Lipinski definition) is 3. The van der Waals surface area contributed by atoms with Crippen LogP contribution in [0.25, 0.3) is 0 Å². The van der Waals surface area contributed by atoms with E-state index < -0.39 is 0 Å². The van der Waals surface area contributed by atoms with Gasteiger partial charge < -0.3 is 10.4 Å². The number of thioether (sulfide) groups is 1. The molecule has 0 saturated carbocycles. The summed E-state index contributed by atoms with van der Waals surface area (Å²) in [5.41, 5.74) is 0. The van der Waals surface area contributed by atoms with Gasteiger partial charge in [0.1, 0.15) is 0 Å². The van der Waals surface area contributed by atoms with Gasteiger partial charge in [0.2, 0.25) is 0 Å². The molecule has 0 bridgehead atoms. The maximum Gasteiger partial charge on any atom is 0.0438 e. The average Bonchev–Trinajstić information content (AvgIpc) is 2.26. The summed E-state index contributed by atoms with van der Waals surface area (Å²) in [6.45, 7) is 4.87. The second-order valence-electron chi connectivity index (χ2n) is 3.85. The summed E-state index contributed by atoms with van der Waals surface area (Å²) in [6, 6.07) is 0. The van der Waals surface area contributed by atoms with Gasteiger partial charge in [-0.15, -0.1) is 0 Å². The van der Waals surface area contributed by atoms with Gasteiger partial charge in [0, 0.05) is 18.9 Å². The Labute approximate surface area is 99.2 Å². The minimum Gasteiger partial charge on any atom is -0.396 e. The van der Waals surface area contributed by atoms with Gasteiger partial charge in [-0.3, -0.25) is 0 Å². The molecular formula is C12H27NOS. The minimum absolute atomic E-state index is 0.331. The largest absolute Gasteiger partial charge is 0.396 e. The monoisotopic (exact) mass is 233 g/mol. The van der Waals surface area contributed by atoms with Crippen LogP contribution in [0.4, 0.5) is 0 Å². The highest BCUT2D eigenvalue weighted by molar-refractivity contribution is 7.99. The fourth-order valence-corrected chi connectivity index (χ4v) is 2.22. The van der Waals surface area contributed by atoms with E-state index in [0.717, 1.165) is 18.7 Å². The van der Waals surface area contributed by atoms with Crippen LogP contribution in [0.15, 0.2) is 0 Å². The van der Waals surface area contributed by atoms with Gasteiger partial charge >= 0.3 is 0 Å². The number of aliphatic hydroxyl groups is 1. The number of rotatable bonds is 12. The molecule has 0 fully saturated rings. The Bertz CT molecular complexity index is 99.8. The molecule has 0 aliphatic heterocycles. The van der Waals surface area contributed by atoms with E-state index in [1.165, 1.54) is 44.4 Å². The summed E-state index contributed by atoms with van der Waals surface area (Å²) < 4.78 is 0. The molecule has 3 heteroatoms. The average molecular weight is 233 g/mol. The van der Waals surface area contributed by atoms with Crippen LogP contribution in [0.2, 0.25) is 0 Å². The molecule has 15 heavy (non-hydrogen) atoms. The fraction of sp³-hybridized carbons (Fsp3) is 1.00. The number of hydrogen-bond donors (Lipinski definition) is 2. The van der Waals surface area contributed by atoms with Gasteiger partial charge in [-0.25, -0.2) is 0 Å². The standard InChI is InChI=1S/C12H27NOS/c1-2-3-4-5-6-8-13-9-12-15-11-7-10-14/h13-14H,2-12H2,1H3. The molecule has 0 aromatic carbocycles. The highest BCUT2D eigenvalue weighted by Gasteiger charge is 1.91. The van der Waals surface area contributed by atoms with Crippen LogP contribution < -0.4 is 5.32 Å². The summed E-state index contributed by atoms with van der Waals surface area (Å²) in [5.74, 6) is 2.27. The number of nitrogens with one attached hydrogen (secondary N) is 1. The van der Waals surface area contributed by atoms with Crippen molar-refractivity contribution in [3.63, 3.8) is 0 Å². The van der Waals surface area contributed by atoms with Crippen molar-refractivity contribution < 1.29 is 5.11 Å². The SMILES string of the molecule is CCCCCCCNCCSCCCO. The predicted molar refractivity (Wildman–Crippen MR) is 70.7 cm³/mol. The van der Waals surface area contributed by atoms with E-state index in [1.54, 1.807) is 0 Å². The lowest BCUT2D eigenvalue weighted by atomic mass is 10.1. The summed E-state index contributed by atoms with van der Waals surface area (Å²) in [7, 11) is 0. The summed E-state index contributed by atoms with van der Waals surface area (Å²) in [5, 5.41) is 12.0. The van der Waals surface area contributed by atoms with Crippen molar-refractivity contribution in [1.29, 1.82) is 0 Å². The molecule has 0 atom stereocenters. The zero-order valence-corrected chi connectivity index (χ0v) is 11.0. The quantitative estimate of drug-likeness (QED) is 0.508. The van der Waals surface area contributed by atoms with Crippen molar-refractivity contribution in [3.8, 4) is 0 Å². The second-order valence-corrected chi connectivity index (χ2v) is 5.08. The Morgan fingerprint density at radius 2 is 1.73 bits per heavy atom. The molecule has 0 aromatic heterocycles. The van der Waals surface area contributed by atoms with Crippen LogP contribution in [-0.4, -0.2) is 36.3 Å². The molecule has 0 aromatic rings. The van der Waals surface area contributed by atoms with Crippen LogP contribution in [0, 0.1) is 0 Å². The Hall–Kier alpha value is 0.270. The first-order valence-electron chi connectivity index (χ1n) is 6.31. The number of aliphatic hydroxyl groups excluding tert-OH is 1. The Balaban J connectivity index is 2.81. The van der Waals surface area contributed by atoms with Crippen LogP contribution in [0.1, 0.15) is 45.4 Å². The maximum atomic E-state index is 8.58. The number of unbranched alkanes of at least 4 members (excludes halogenated alkanes) is 4. The molecular weight excluding hydrogens is 206 g/mol. The second kappa shape index (κ2) is 14.3. The molecule has 0 amide bonds. The van der Waals surface area contributed by atoms with E-state index in [-0.39, 0.29) is 0 Å². The Kier molecular flexibility index (Phi) is 14.5. The zero-order valence-electron chi connectivity index (χ0n) is 10.1. The predicted octanol–water partition coefficient (Wildman–Crippen LogP) is 2.66. The molecule has 0 radical (unpaired) electrons. The highest BCUT2D eigenvalue weighted by atomic mass is 32.2. The highest BCUT2D eigenvalue weighted by Crippen LogP contribution is 2.02. The van der Waals surface area contributed by atoms with Crippen molar-refractivity contribution in [1.82, 2.24) is 5.32 Å². The van der Waals surface area contributed by atoms with Gasteiger partial charge in [0.05, 0.1) is 0 Å². The molecule has 0 unspecified atom stereocenters. The van der Waals surface area contributed by atoms with Gasteiger partial charge in [0.15, 0.2) is 0 Å². The normalized spacial score (nSPS) is 10.8.